The molecular formula is C6H11N3O3. The lowest BCUT2D eigenvalue weighted by molar-refractivity contribution is -0.140. The van der Waals surface area contributed by atoms with Crippen molar-refractivity contribution in [2.24, 2.45) is 10.9 Å². The number of aliphatic hydroxyl groups is 1. The Bertz CT molecular complexity index is 206. The zero-order chi connectivity index (χ0) is 9.14. The first-order valence-electron chi connectivity index (χ1n) is 3.55. The van der Waals surface area contributed by atoms with Crippen LogP contribution in [-0.4, -0.2) is 46.1 Å². The summed E-state index contributed by atoms with van der Waals surface area (Å²) in [4.78, 5) is 12.0. The average molecular weight is 173 g/mol. The van der Waals surface area contributed by atoms with Crippen LogP contribution in [0.2, 0.25) is 0 Å². The van der Waals surface area contributed by atoms with Crippen molar-refractivity contribution in [2.75, 3.05) is 6.54 Å². The third-order valence-electron chi connectivity index (χ3n) is 1.82. The number of hydrogen-bond acceptors (Lipinski definition) is 4. The first kappa shape index (κ1) is 8.79. The van der Waals surface area contributed by atoms with Crippen LogP contribution in [0.5, 0.6) is 0 Å². The van der Waals surface area contributed by atoms with Gasteiger partial charge in [0.15, 0.2) is 0 Å². The van der Waals surface area contributed by atoms with E-state index in [1.807, 2.05) is 0 Å². The highest BCUT2D eigenvalue weighted by atomic mass is 16.4. The quantitative estimate of drug-likeness (QED) is 0.202. The maximum absolute atomic E-state index is 10.6. The zero-order valence-corrected chi connectivity index (χ0v) is 6.42. The largest absolute Gasteiger partial charge is 0.480 e. The van der Waals surface area contributed by atoms with Crippen molar-refractivity contribution >= 4 is 12.3 Å². The molecule has 1 rings (SSSR count). The van der Waals surface area contributed by atoms with Crippen LogP contribution in [-0.2, 0) is 4.79 Å². The summed E-state index contributed by atoms with van der Waals surface area (Å²) in [5, 5.41) is 21.0. The molecule has 1 fully saturated rings. The summed E-state index contributed by atoms with van der Waals surface area (Å²) in [5.74, 6) is 3.90. The number of aliphatic carboxylic acids is 1. The van der Waals surface area contributed by atoms with E-state index >= 15 is 0 Å². The number of likely N-dealkylation sites (tertiary alicyclic amines) is 1. The standard InChI is InChI=1S/C6H11N3O3/c7-8-3-9-2-4(10)1-5(9)6(11)12/h3-5,10H,1-2,7H2,(H,11,12)/b8-3+/t4-,5+/m1/s1. The summed E-state index contributed by atoms with van der Waals surface area (Å²) < 4.78 is 0. The van der Waals surface area contributed by atoms with Crippen LogP contribution in [0.25, 0.3) is 0 Å². The molecule has 0 spiro atoms. The predicted molar refractivity (Wildman–Crippen MR) is 41.4 cm³/mol. The van der Waals surface area contributed by atoms with E-state index in [0.717, 1.165) is 0 Å². The molecule has 0 aromatic carbocycles. The molecule has 0 aromatic rings. The molecule has 0 bridgehead atoms. The minimum Gasteiger partial charge on any atom is -0.480 e. The highest BCUT2D eigenvalue weighted by Crippen LogP contribution is 2.15. The molecule has 0 amide bonds. The van der Waals surface area contributed by atoms with E-state index in [2.05, 4.69) is 5.10 Å². The summed E-state index contributed by atoms with van der Waals surface area (Å²) in [6.45, 7) is 0.275. The summed E-state index contributed by atoms with van der Waals surface area (Å²) >= 11 is 0. The van der Waals surface area contributed by atoms with Crippen molar-refractivity contribution in [3.05, 3.63) is 0 Å². The minimum absolute atomic E-state index is 0.224. The number of carboxylic acid groups (broad SMARTS) is 1. The minimum atomic E-state index is -0.966. The molecule has 0 unspecified atom stereocenters. The number of rotatable bonds is 2. The number of nitrogens with two attached hydrogens (primary N) is 1. The molecule has 1 aliphatic heterocycles. The van der Waals surface area contributed by atoms with Crippen molar-refractivity contribution in [1.82, 2.24) is 4.90 Å². The summed E-state index contributed by atoms with van der Waals surface area (Å²) in [7, 11) is 0. The number of carboxylic acids is 1. The van der Waals surface area contributed by atoms with E-state index in [0.29, 0.717) is 0 Å². The van der Waals surface area contributed by atoms with Gasteiger partial charge >= 0.3 is 5.97 Å². The zero-order valence-electron chi connectivity index (χ0n) is 6.42. The Balaban J connectivity index is 2.65. The van der Waals surface area contributed by atoms with Crippen molar-refractivity contribution < 1.29 is 15.0 Å². The van der Waals surface area contributed by atoms with E-state index in [4.69, 9.17) is 16.1 Å². The van der Waals surface area contributed by atoms with Gasteiger partial charge in [-0.2, -0.15) is 5.10 Å². The lowest BCUT2D eigenvalue weighted by Crippen LogP contribution is -2.35. The highest BCUT2D eigenvalue weighted by molar-refractivity contribution is 5.77. The second kappa shape index (κ2) is 3.40. The molecule has 1 aliphatic rings. The van der Waals surface area contributed by atoms with Crippen molar-refractivity contribution in [3.8, 4) is 0 Å². The monoisotopic (exact) mass is 173 g/mol. The van der Waals surface area contributed by atoms with E-state index in [1.54, 1.807) is 0 Å². The van der Waals surface area contributed by atoms with E-state index in [-0.39, 0.29) is 13.0 Å². The van der Waals surface area contributed by atoms with Gasteiger partial charge in [0.25, 0.3) is 0 Å². The molecule has 68 valence electrons. The fourth-order valence-electron chi connectivity index (χ4n) is 1.29. The Morgan fingerprint density at radius 3 is 2.92 bits per heavy atom. The Morgan fingerprint density at radius 2 is 2.42 bits per heavy atom. The van der Waals surface area contributed by atoms with Gasteiger partial charge in [0.1, 0.15) is 12.4 Å². The first-order valence-corrected chi connectivity index (χ1v) is 3.55. The van der Waals surface area contributed by atoms with Crippen LogP contribution in [0.1, 0.15) is 6.42 Å². The average Bonchev–Trinajstić information content (AvgIpc) is 2.32. The number of aliphatic hydroxyl groups excluding tert-OH is 1. The van der Waals surface area contributed by atoms with Gasteiger partial charge in [0, 0.05) is 13.0 Å². The molecule has 0 aliphatic carbocycles. The van der Waals surface area contributed by atoms with Crippen LogP contribution in [0.4, 0.5) is 0 Å². The van der Waals surface area contributed by atoms with Gasteiger partial charge in [-0.3, -0.25) is 0 Å². The number of hydrogen-bond donors (Lipinski definition) is 3. The Kier molecular flexibility index (Phi) is 2.49. The molecule has 2 atom stereocenters. The SMILES string of the molecule is N/N=C/N1C[C@H](O)C[C@H]1C(=O)O. The molecule has 0 aromatic heterocycles. The van der Waals surface area contributed by atoms with Crippen molar-refractivity contribution in [3.63, 3.8) is 0 Å². The summed E-state index contributed by atoms with van der Waals surface area (Å²) in [6, 6.07) is -0.702. The molecule has 6 heteroatoms. The topological polar surface area (TPSA) is 99.1 Å². The smallest absolute Gasteiger partial charge is 0.326 e. The van der Waals surface area contributed by atoms with E-state index < -0.39 is 18.1 Å². The third-order valence-corrected chi connectivity index (χ3v) is 1.82. The Hall–Kier alpha value is -1.30. The second-order valence-electron chi connectivity index (χ2n) is 2.70. The lowest BCUT2D eigenvalue weighted by atomic mass is 10.2. The molecule has 1 saturated heterocycles. The lowest BCUT2D eigenvalue weighted by Gasteiger charge is -2.16. The van der Waals surface area contributed by atoms with E-state index in [9.17, 15) is 4.79 Å². The van der Waals surface area contributed by atoms with Gasteiger partial charge in [0.2, 0.25) is 0 Å². The molecular weight excluding hydrogens is 162 g/mol. The van der Waals surface area contributed by atoms with Crippen LogP contribution in [0.15, 0.2) is 5.10 Å². The summed E-state index contributed by atoms with van der Waals surface area (Å²) in [6.07, 6.45) is 0.847. The van der Waals surface area contributed by atoms with Gasteiger partial charge in [0.05, 0.1) is 6.10 Å². The fraction of sp³-hybridized carbons (Fsp3) is 0.667. The first-order chi connectivity index (χ1) is 5.65. The van der Waals surface area contributed by atoms with Gasteiger partial charge < -0.3 is 21.0 Å². The van der Waals surface area contributed by atoms with Gasteiger partial charge in [-0.25, -0.2) is 4.79 Å². The maximum Gasteiger partial charge on any atom is 0.326 e. The molecule has 0 saturated carbocycles. The highest BCUT2D eigenvalue weighted by Gasteiger charge is 2.34. The number of β-amino-alcohol motifs (C(OH)–C–C–N with tert-alkyl or cyclic N) is 1. The van der Waals surface area contributed by atoms with Crippen molar-refractivity contribution in [2.45, 2.75) is 18.6 Å². The van der Waals surface area contributed by atoms with Crippen LogP contribution in [0, 0.1) is 0 Å². The second-order valence-corrected chi connectivity index (χ2v) is 2.70. The number of nitrogens with zero attached hydrogens (tertiary/aromatic N) is 2. The van der Waals surface area contributed by atoms with Crippen molar-refractivity contribution in [1.29, 1.82) is 0 Å². The van der Waals surface area contributed by atoms with Gasteiger partial charge in [-0.1, -0.05) is 0 Å². The van der Waals surface area contributed by atoms with E-state index in [1.165, 1.54) is 11.2 Å². The summed E-state index contributed by atoms with van der Waals surface area (Å²) in [5.41, 5.74) is 0. The molecule has 12 heavy (non-hydrogen) atoms. The third kappa shape index (κ3) is 1.65. The van der Waals surface area contributed by atoms with Crippen LogP contribution in [0.3, 0.4) is 0 Å². The Morgan fingerprint density at radius 1 is 1.75 bits per heavy atom. The van der Waals surface area contributed by atoms with Gasteiger partial charge in [-0.15, -0.1) is 0 Å². The molecule has 1 heterocycles. The van der Waals surface area contributed by atoms with Gasteiger partial charge in [-0.05, 0) is 0 Å². The maximum atomic E-state index is 10.6. The fourth-order valence-corrected chi connectivity index (χ4v) is 1.29. The molecule has 4 N–H and O–H groups in total. The predicted octanol–water partition coefficient (Wildman–Crippen LogP) is -1.59. The number of hydrazone groups is 1. The normalized spacial score (nSPS) is 29.9. The molecule has 6 nitrogen and oxygen atoms in total. The van der Waals surface area contributed by atoms with Crippen LogP contribution >= 0.6 is 0 Å². The molecule has 0 radical (unpaired) electrons. The Labute approximate surface area is 69.3 Å². The van der Waals surface area contributed by atoms with Crippen LogP contribution < -0.4 is 5.84 Å². The number of carbonyl (C=O) groups is 1.